The molecule has 1 aliphatic rings. The Morgan fingerprint density at radius 2 is 2.00 bits per heavy atom. The van der Waals surface area contributed by atoms with Crippen LogP contribution in [0.15, 0.2) is 24.3 Å². The molecule has 3 nitrogen and oxygen atoms in total. The minimum absolute atomic E-state index is 0.0969. The first-order valence-corrected chi connectivity index (χ1v) is 6.21. The number of hydrogen-bond acceptors (Lipinski definition) is 3. The summed E-state index contributed by atoms with van der Waals surface area (Å²) in [6.07, 6.45) is 2.28. The van der Waals surface area contributed by atoms with E-state index in [4.69, 9.17) is 4.74 Å². The van der Waals surface area contributed by atoms with Crippen molar-refractivity contribution in [2.45, 2.75) is 31.8 Å². The van der Waals surface area contributed by atoms with E-state index in [0.29, 0.717) is 5.92 Å². The Morgan fingerprint density at radius 3 is 2.50 bits per heavy atom. The summed E-state index contributed by atoms with van der Waals surface area (Å²) in [6, 6.07) is 6.19. The highest BCUT2D eigenvalue weighted by atomic mass is 19.1. The van der Waals surface area contributed by atoms with Gasteiger partial charge in [0.2, 0.25) is 0 Å². The van der Waals surface area contributed by atoms with Crippen LogP contribution in [-0.4, -0.2) is 19.1 Å². The molecule has 1 fully saturated rings. The standard InChI is InChI=1S/C14H18FNO2/c1-9(14(17)18-2)16-13(10-3-4-10)11-5-7-12(15)8-6-11/h5-10,13,16H,3-4H2,1-2H3/t9-,13?/m1/s1. The first-order valence-electron chi connectivity index (χ1n) is 6.21. The van der Waals surface area contributed by atoms with Crippen LogP contribution in [0.2, 0.25) is 0 Å². The minimum atomic E-state index is -0.356. The van der Waals surface area contributed by atoms with Gasteiger partial charge in [-0.2, -0.15) is 0 Å². The zero-order valence-electron chi connectivity index (χ0n) is 10.7. The van der Waals surface area contributed by atoms with Crippen molar-refractivity contribution in [2.75, 3.05) is 7.11 Å². The molecular formula is C14H18FNO2. The summed E-state index contributed by atoms with van der Waals surface area (Å²) in [4.78, 5) is 11.4. The van der Waals surface area contributed by atoms with Gasteiger partial charge in [0, 0.05) is 6.04 Å². The van der Waals surface area contributed by atoms with Gasteiger partial charge < -0.3 is 4.74 Å². The molecule has 1 aromatic carbocycles. The average molecular weight is 251 g/mol. The van der Waals surface area contributed by atoms with Crippen LogP contribution in [0.4, 0.5) is 4.39 Å². The van der Waals surface area contributed by atoms with Gasteiger partial charge in [-0.1, -0.05) is 12.1 Å². The summed E-state index contributed by atoms with van der Waals surface area (Å²) in [5.41, 5.74) is 1.02. The highest BCUT2D eigenvalue weighted by Crippen LogP contribution is 2.41. The number of nitrogens with one attached hydrogen (secondary N) is 1. The van der Waals surface area contributed by atoms with Crippen LogP contribution < -0.4 is 5.32 Å². The molecular weight excluding hydrogens is 233 g/mol. The quantitative estimate of drug-likeness (QED) is 0.817. The molecule has 1 unspecified atom stereocenters. The lowest BCUT2D eigenvalue weighted by atomic mass is 10.0. The van der Waals surface area contributed by atoms with E-state index in [1.165, 1.54) is 19.2 Å². The van der Waals surface area contributed by atoms with Crippen LogP contribution >= 0.6 is 0 Å². The third-order valence-electron chi connectivity index (χ3n) is 3.31. The second kappa shape index (κ2) is 5.48. The molecule has 2 atom stereocenters. The van der Waals surface area contributed by atoms with Crippen molar-refractivity contribution in [2.24, 2.45) is 5.92 Å². The molecule has 0 aromatic heterocycles. The predicted molar refractivity (Wildman–Crippen MR) is 66.5 cm³/mol. The number of carbonyl (C=O) groups is 1. The van der Waals surface area contributed by atoms with Crippen molar-refractivity contribution < 1.29 is 13.9 Å². The normalized spacial score (nSPS) is 18.2. The van der Waals surface area contributed by atoms with Crippen LogP contribution in [0.5, 0.6) is 0 Å². The summed E-state index contributed by atoms with van der Waals surface area (Å²) >= 11 is 0. The SMILES string of the molecule is COC(=O)[C@@H](C)NC(c1ccc(F)cc1)C1CC1. The van der Waals surface area contributed by atoms with E-state index in [9.17, 15) is 9.18 Å². The van der Waals surface area contributed by atoms with Crippen LogP contribution in [0.1, 0.15) is 31.4 Å². The van der Waals surface area contributed by atoms with Crippen molar-refractivity contribution in [3.8, 4) is 0 Å². The van der Waals surface area contributed by atoms with Gasteiger partial charge in [-0.3, -0.25) is 10.1 Å². The lowest BCUT2D eigenvalue weighted by Gasteiger charge is -2.22. The zero-order chi connectivity index (χ0) is 13.1. The Labute approximate surface area is 106 Å². The van der Waals surface area contributed by atoms with E-state index in [2.05, 4.69) is 5.32 Å². The van der Waals surface area contributed by atoms with Gasteiger partial charge in [0.15, 0.2) is 0 Å². The molecule has 4 heteroatoms. The molecule has 0 saturated heterocycles. The molecule has 0 heterocycles. The number of benzene rings is 1. The fraction of sp³-hybridized carbons (Fsp3) is 0.500. The smallest absolute Gasteiger partial charge is 0.322 e. The monoisotopic (exact) mass is 251 g/mol. The third kappa shape index (κ3) is 3.07. The zero-order valence-corrected chi connectivity index (χ0v) is 10.7. The van der Waals surface area contributed by atoms with Gasteiger partial charge in [0.1, 0.15) is 11.9 Å². The summed E-state index contributed by atoms with van der Waals surface area (Å²) in [5, 5.41) is 3.27. The number of carbonyl (C=O) groups excluding carboxylic acids is 1. The molecule has 0 bridgehead atoms. The molecule has 0 amide bonds. The van der Waals surface area contributed by atoms with E-state index in [1.54, 1.807) is 19.1 Å². The van der Waals surface area contributed by atoms with Crippen molar-refractivity contribution in [1.29, 1.82) is 0 Å². The molecule has 1 aliphatic carbocycles. The van der Waals surface area contributed by atoms with Crippen molar-refractivity contribution in [1.82, 2.24) is 5.32 Å². The van der Waals surface area contributed by atoms with Gasteiger partial charge in [0.25, 0.3) is 0 Å². The van der Waals surface area contributed by atoms with Crippen LogP contribution in [0, 0.1) is 11.7 Å². The maximum absolute atomic E-state index is 12.9. The second-order valence-electron chi connectivity index (χ2n) is 4.78. The molecule has 1 saturated carbocycles. The second-order valence-corrected chi connectivity index (χ2v) is 4.78. The summed E-state index contributed by atoms with van der Waals surface area (Å²) < 4.78 is 17.6. The maximum atomic E-state index is 12.9. The largest absolute Gasteiger partial charge is 0.468 e. The van der Waals surface area contributed by atoms with Gasteiger partial charge in [-0.15, -0.1) is 0 Å². The van der Waals surface area contributed by atoms with Gasteiger partial charge in [-0.05, 0) is 43.4 Å². The number of rotatable bonds is 5. The van der Waals surface area contributed by atoms with Crippen molar-refractivity contribution >= 4 is 5.97 Å². The number of esters is 1. The number of methoxy groups -OCH3 is 1. The van der Waals surface area contributed by atoms with E-state index in [1.807, 2.05) is 0 Å². The number of hydrogen-bond donors (Lipinski definition) is 1. The maximum Gasteiger partial charge on any atom is 0.322 e. The van der Waals surface area contributed by atoms with Crippen LogP contribution in [0.25, 0.3) is 0 Å². The first-order chi connectivity index (χ1) is 8.61. The van der Waals surface area contributed by atoms with Gasteiger partial charge >= 0.3 is 5.97 Å². The predicted octanol–water partition coefficient (Wildman–Crippen LogP) is 2.43. The third-order valence-corrected chi connectivity index (χ3v) is 3.31. The fourth-order valence-corrected chi connectivity index (χ4v) is 2.12. The lowest BCUT2D eigenvalue weighted by Crippen LogP contribution is -2.38. The van der Waals surface area contributed by atoms with Gasteiger partial charge in [-0.25, -0.2) is 4.39 Å². The Hall–Kier alpha value is -1.42. The van der Waals surface area contributed by atoms with Crippen LogP contribution in [-0.2, 0) is 9.53 Å². The highest BCUT2D eigenvalue weighted by molar-refractivity contribution is 5.75. The molecule has 18 heavy (non-hydrogen) atoms. The van der Waals surface area contributed by atoms with E-state index >= 15 is 0 Å². The summed E-state index contributed by atoms with van der Waals surface area (Å²) in [5.74, 6) is 0.0136. The van der Waals surface area contributed by atoms with E-state index in [0.717, 1.165) is 18.4 Å². The summed E-state index contributed by atoms with van der Waals surface area (Å²) in [7, 11) is 1.38. The van der Waals surface area contributed by atoms with E-state index in [-0.39, 0.29) is 23.9 Å². The lowest BCUT2D eigenvalue weighted by molar-refractivity contribution is -0.142. The topological polar surface area (TPSA) is 38.3 Å². The highest BCUT2D eigenvalue weighted by Gasteiger charge is 2.34. The molecule has 0 radical (unpaired) electrons. The van der Waals surface area contributed by atoms with Crippen molar-refractivity contribution in [3.63, 3.8) is 0 Å². The molecule has 0 spiro atoms. The Bertz CT molecular complexity index is 414. The minimum Gasteiger partial charge on any atom is -0.468 e. The molecule has 1 N–H and O–H groups in total. The molecule has 98 valence electrons. The number of halogens is 1. The molecule has 1 aromatic rings. The van der Waals surface area contributed by atoms with E-state index < -0.39 is 0 Å². The Kier molecular flexibility index (Phi) is 3.97. The van der Waals surface area contributed by atoms with Crippen molar-refractivity contribution in [3.05, 3.63) is 35.6 Å². The summed E-state index contributed by atoms with van der Waals surface area (Å²) in [6.45, 7) is 1.78. The molecule has 2 rings (SSSR count). The molecule has 0 aliphatic heterocycles. The Morgan fingerprint density at radius 1 is 1.39 bits per heavy atom. The number of ether oxygens (including phenoxy) is 1. The first kappa shape index (κ1) is 13.0. The Balaban J connectivity index is 2.09. The average Bonchev–Trinajstić information content (AvgIpc) is 3.20. The fourth-order valence-electron chi connectivity index (χ4n) is 2.12. The van der Waals surface area contributed by atoms with Crippen LogP contribution in [0.3, 0.4) is 0 Å². The van der Waals surface area contributed by atoms with Gasteiger partial charge in [0.05, 0.1) is 7.11 Å².